The molecule has 0 unspecified atom stereocenters. The average molecular weight is 180 g/mol. The lowest BCUT2D eigenvalue weighted by Gasteiger charge is -2.34. The van der Waals surface area contributed by atoms with Crippen LogP contribution in [0.15, 0.2) is 0 Å². The molecule has 1 aliphatic heterocycles. The maximum absolute atomic E-state index is 5.38. The molecule has 1 rings (SSSR count). The summed E-state index contributed by atoms with van der Waals surface area (Å²) in [4.78, 5) is 0. The fourth-order valence-electron chi connectivity index (χ4n) is 0.663. The van der Waals surface area contributed by atoms with Crippen molar-refractivity contribution in [1.82, 2.24) is 0 Å². The van der Waals surface area contributed by atoms with E-state index >= 15 is 0 Å². The molecule has 0 bridgehead atoms. The molecule has 0 aliphatic carbocycles. The van der Waals surface area contributed by atoms with E-state index < -0.39 is 6.49 Å². The third kappa shape index (κ3) is 2.31. The molecule has 10 heavy (non-hydrogen) atoms. The third-order valence-electron chi connectivity index (χ3n) is 1.38. The zero-order chi connectivity index (χ0) is 7.83. The molecule has 1 saturated heterocycles. The van der Waals surface area contributed by atoms with Crippen LogP contribution in [0.3, 0.4) is 0 Å². The molecule has 1 fully saturated rings. The van der Waals surface area contributed by atoms with Crippen LogP contribution in [0, 0.1) is 5.41 Å². The van der Waals surface area contributed by atoms with Gasteiger partial charge in [-0.2, -0.15) is 0 Å². The molecule has 0 saturated carbocycles. The highest BCUT2D eigenvalue weighted by atomic mass is 32.5. The zero-order valence-corrected chi connectivity index (χ0v) is 8.30. The Hall–Kier alpha value is 0.570. The summed E-state index contributed by atoms with van der Waals surface area (Å²) in [5, 5.41) is 0. The first-order valence-electron chi connectivity index (χ1n) is 3.28. The molecular weight excluding hydrogens is 167 g/mol. The van der Waals surface area contributed by atoms with Crippen molar-refractivity contribution in [2.24, 2.45) is 5.41 Å². The van der Waals surface area contributed by atoms with E-state index in [1.165, 1.54) is 0 Å². The fourth-order valence-corrected chi connectivity index (χ4v) is 2.22. The first-order chi connectivity index (χ1) is 4.41. The van der Waals surface area contributed by atoms with E-state index in [9.17, 15) is 0 Å². The predicted molar refractivity (Wildman–Crippen MR) is 45.9 cm³/mol. The van der Waals surface area contributed by atoms with Gasteiger partial charge in [-0.25, -0.2) is 0 Å². The first kappa shape index (κ1) is 8.66. The second kappa shape index (κ2) is 2.56. The summed E-state index contributed by atoms with van der Waals surface area (Å²) in [6, 6.07) is 0. The van der Waals surface area contributed by atoms with E-state index in [-0.39, 0.29) is 5.41 Å². The van der Waals surface area contributed by atoms with Gasteiger partial charge in [-0.1, -0.05) is 13.8 Å². The Kier molecular flexibility index (Phi) is 2.22. The van der Waals surface area contributed by atoms with Gasteiger partial charge in [0.25, 0.3) is 0 Å². The molecule has 0 amide bonds. The van der Waals surface area contributed by atoms with Crippen molar-refractivity contribution < 1.29 is 9.05 Å². The molecule has 0 aromatic heterocycles. The minimum atomic E-state index is -1.83. The van der Waals surface area contributed by atoms with Crippen LogP contribution < -0.4 is 0 Å². The molecule has 4 heteroatoms. The van der Waals surface area contributed by atoms with Crippen molar-refractivity contribution in [2.45, 2.75) is 13.8 Å². The molecule has 0 aromatic rings. The fraction of sp³-hybridized carbons (Fsp3) is 1.00. The second-order valence-electron chi connectivity index (χ2n) is 3.48. The summed E-state index contributed by atoms with van der Waals surface area (Å²) in [5.41, 5.74) is 0.151. The van der Waals surface area contributed by atoms with Crippen LogP contribution in [-0.4, -0.2) is 19.9 Å². The summed E-state index contributed by atoms with van der Waals surface area (Å²) < 4.78 is 10.8. The largest absolute Gasteiger partial charge is 0.329 e. The number of hydrogen-bond acceptors (Lipinski definition) is 3. The molecule has 1 heterocycles. The van der Waals surface area contributed by atoms with Crippen LogP contribution in [0.2, 0.25) is 0 Å². The van der Waals surface area contributed by atoms with Crippen LogP contribution in [0.4, 0.5) is 0 Å². The average Bonchev–Trinajstić information content (AvgIpc) is 1.79. The van der Waals surface area contributed by atoms with Crippen LogP contribution in [0.1, 0.15) is 13.8 Å². The number of rotatable bonds is 0. The Morgan fingerprint density at radius 2 is 1.70 bits per heavy atom. The molecule has 0 N–H and O–H groups in total. The highest BCUT2D eigenvalue weighted by Crippen LogP contribution is 2.50. The van der Waals surface area contributed by atoms with Gasteiger partial charge in [0.2, 0.25) is 0 Å². The van der Waals surface area contributed by atoms with Gasteiger partial charge in [0.15, 0.2) is 6.49 Å². The van der Waals surface area contributed by atoms with Gasteiger partial charge in [0, 0.05) is 12.1 Å². The Balaban J connectivity index is 2.54. The smallest absolute Gasteiger partial charge is 0.185 e. The molecule has 1 aliphatic rings. The SMILES string of the molecule is CC1(C)COP(C)(=S)OC1. The van der Waals surface area contributed by atoms with Crippen molar-refractivity contribution in [3.63, 3.8) is 0 Å². The monoisotopic (exact) mass is 180 g/mol. The van der Waals surface area contributed by atoms with Crippen molar-refractivity contribution >= 4 is 18.3 Å². The molecular formula is C6H13O2PS. The highest BCUT2D eigenvalue weighted by Gasteiger charge is 2.29. The highest BCUT2D eigenvalue weighted by molar-refractivity contribution is 8.09. The molecule has 0 radical (unpaired) electrons. The first-order valence-corrected chi connectivity index (χ1v) is 6.36. The van der Waals surface area contributed by atoms with Gasteiger partial charge in [0.1, 0.15) is 0 Å². The van der Waals surface area contributed by atoms with E-state index in [1.54, 1.807) is 0 Å². The summed E-state index contributed by atoms with van der Waals surface area (Å²) in [7, 11) is 0. The lowest BCUT2D eigenvalue weighted by molar-refractivity contribution is 0.0621. The Morgan fingerprint density at radius 3 is 2.00 bits per heavy atom. The lowest BCUT2D eigenvalue weighted by Crippen LogP contribution is -2.28. The minimum absolute atomic E-state index is 0.151. The van der Waals surface area contributed by atoms with E-state index in [2.05, 4.69) is 13.8 Å². The maximum Gasteiger partial charge on any atom is 0.185 e. The summed E-state index contributed by atoms with van der Waals surface area (Å²) in [6.45, 7) is 5.74. The third-order valence-corrected chi connectivity index (χ3v) is 3.21. The quantitative estimate of drug-likeness (QED) is 0.531. The second-order valence-corrected chi connectivity index (χ2v) is 7.53. The van der Waals surface area contributed by atoms with Gasteiger partial charge < -0.3 is 9.05 Å². The summed E-state index contributed by atoms with van der Waals surface area (Å²) in [5.74, 6) is 0. The van der Waals surface area contributed by atoms with Crippen molar-refractivity contribution in [3.8, 4) is 0 Å². The minimum Gasteiger partial charge on any atom is -0.329 e. The Labute approximate surface area is 67.1 Å². The normalized spacial score (nSPS) is 29.9. The summed E-state index contributed by atoms with van der Waals surface area (Å²) >= 11 is 5.06. The molecule has 60 valence electrons. The van der Waals surface area contributed by atoms with E-state index in [0.29, 0.717) is 0 Å². The molecule has 0 aromatic carbocycles. The van der Waals surface area contributed by atoms with Crippen LogP contribution in [-0.2, 0) is 20.9 Å². The van der Waals surface area contributed by atoms with Crippen LogP contribution in [0.25, 0.3) is 0 Å². The van der Waals surface area contributed by atoms with E-state index in [1.807, 2.05) is 6.66 Å². The predicted octanol–water partition coefficient (Wildman–Crippen LogP) is 2.00. The van der Waals surface area contributed by atoms with Gasteiger partial charge >= 0.3 is 0 Å². The Morgan fingerprint density at radius 1 is 1.30 bits per heavy atom. The van der Waals surface area contributed by atoms with Crippen molar-refractivity contribution in [1.29, 1.82) is 0 Å². The van der Waals surface area contributed by atoms with Gasteiger partial charge in [-0.15, -0.1) is 0 Å². The van der Waals surface area contributed by atoms with E-state index in [4.69, 9.17) is 20.9 Å². The maximum atomic E-state index is 5.38. The van der Waals surface area contributed by atoms with Crippen molar-refractivity contribution in [2.75, 3.05) is 19.9 Å². The molecule has 0 atom stereocenters. The summed E-state index contributed by atoms with van der Waals surface area (Å²) in [6.07, 6.45) is 0. The van der Waals surface area contributed by atoms with Crippen LogP contribution in [0.5, 0.6) is 0 Å². The van der Waals surface area contributed by atoms with E-state index in [0.717, 1.165) is 13.2 Å². The van der Waals surface area contributed by atoms with Crippen LogP contribution >= 0.6 is 6.49 Å². The zero-order valence-electron chi connectivity index (χ0n) is 6.59. The lowest BCUT2D eigenvalue weighted by atomic mass is 9.97. The van der Waals surface area contributed by atoms with Crippen molar-refractivity contribution in [3.05, 3.63) is 0 Å². The molecule has 0 spiro atoms. The Bertz CT molecular complexity index is 165. The standard InChI is InChI=1S/C6H13O2PS/c1-6(2)4-7-9(3,10)8-5-6/h4-5H2,1-3H3. The number of hydrogen-bond donors (Lipinski definition) is 0. The van der Waals surface area contributed by atoms with Gasteiger partial charge in [-0.05, 0) is 11.8 Å². The van der Waals surface area contributed by atoms with Gasteiger partial charge in [-0.3, -0.25) is 0 Å². The van der Waals surface area contributed by atoms with Gasteiger partial charge in [0.05, 0.1) is 13.2 Å². The topological polar surface area (TPSA) is 18.5 Å². The molecule has 2 nitrogen and oxygen atoms in total.